The second-order valence-electron chi connectivity index (χ2n) is 22.6. The van der Waals surface area contributed by atoms with Crippen LogP contribution in [0.4, 0.5) is 0 Å². The average molecular weight is 1330 g/mol. The van der Waals surface area contributed by atoms with Gasteiger partial charge < -0.3 is 9.47 Å². The lowest BCUT2D eigenvalue weighted by Gasteiger charge is -2.28. The molecular weight excluding hydrogens is 1200 g/mol. The number of rotatable bonds is 6. The summed E-state index contributed by atoms with van der Waals surface area (Å²) in [4.78, 5) is 3.78. The van der Waals surface area contributed by atoms with Crippen LogP contribution in [-0.4, -0.2) is 4.98 Å². The minimum Gasteiger partial charge on any atom is -0.457 e. The van der Waals surface area contributed by atoms with Gasteiger partial charge in [0.1, 0.15) is 23.0 Å². The molecule has 0 aliphatic heterocycles. The summed E-state index contributed by atoms with van der Waals surface area (Å²) in [5.74, 6) is 3.36. The molecule has 0 spiro atoms. The lowest BCUT2D eigenvalue weighted by Crippen LogP contribution is -2.23. The van der Waals surface area contributed by atoms with E-state index in [4.69, 9.17) is 9.47 Å². The van der Waals surface area contributed by atoms with Gasteiger partial charge in [-0.15, -0.1) is 0 Å². The van der Waals surface area contributed by atoms with Gasteiger partial charge in [0, 0.05) is 17.8 Å². The van der Waals surface area contributed by atoms with E-state index in [1.807, 2.05) is 253 Å². The number of pyridine rings is 1. The van der Waals surface area contributed by atoms with Crippen LogP contribution in [-0.2, 0) is 10.8 Å². The van der Waals surface area contributed by atoms with E-state index in [9.17, 15) is 0 Å². The molecule has 0 fully saturated rings. The van der Waals surface area contributed by atoms with Crippen molar-refractivity contribution >= 4 is 10.8 Å². The number of hydrogen-bond acceptors (Lipinski definition) is 3. The monoisotopic (exact) mass is 1320 g/mol. The summed E-state index contributed by atoms with van der Waals surface area (Å²) >= 11 is 0. The molecule has 526 valence electrons. The highest BCUT2D eigenvalue weighted by Gasteiger charge is 2.45. The van der Waals surface area contributed by atoms with E-state index in [0.29, 0.717) is 0 Å². The Kier molecular flexibility index (Phi) is 50.1. The van der Waals surface area contributed by atoms with Gasteiger partial charge in [-0.2, -0.15) is 0 Å². The third-order valence-electron chi connectivity index (χ3n) is 14.4. The summed E-state index contributed by atoms with van der Waals surface area (Å²) in [7, 11) is 0. The van der Waals surface area contributed by atoms with E-state index in [1.54, 1.807) is 12.4 Å². The predicted molar refractivity (Wildman–Crippen MR) is 442 cm³/mol. The molecule has 0 N–H and O–H groups in total. The van der Waals surface area contributed by atoms with Gasteiger partial charge in [-0.1, -0.05) is 378 Å². The van der Waals surface area contributed by atoms with Crippen LogP contribution in [0.3, 0.4) is 0 Å². The lowest BCUT2D eigenvalue weighted by molar-refractivity contribution is 0.425. The molecule has 0 saturated heterocycles. The Balaban J connectivity index is 0.00000118. The summed E-state index contributed by atoms with van der Waals surface area (Å²) < 4.78 is 11.9. The number of hydrogen-bond donors (Lipinski definition) is 0. The molecule has 0 bridgehead atoms. The molecule has 11 aromatic carbocycles. The molecule has 0 amide bonds. The lowest BCUT2D eigenvalue weighted by atomic mass is 9.75. The van der Waals surface area contributed by atoms with Crippen LogP contribution in [0.25, 0.3) is 21.9 Å². The summed E-state index contributed by atoms with van der Waals surface area (Å²) in [6.45, 7) is 48.0. The van der Waals surface area contributed by atoms with Gasteiger partial charge >= 0.3 is 0 Å². The van der Waals surface area contributed by atoms with E-state index in [0.717, 1.165) is 34.1 Å². The number of ether oxygens (including phenoxy) is 2. The molecular formula is C96H125NO2. The van der Waals surface area contributed by atoms with Crippen molar-refractivity contribution in [3.8, 4) is 34.1 Å². The molecule has 13 rings (SSSR count). The molecule has 1 aliphatic rings. The minimum atomic E-state index is 0.147. The van der Waals surface area contributed by atoms with E-state index >= 15 is 0 Å². The Morgan fingerprint density at radius 3 is 0.909 bits per heavy atom. The van der Waals surface area contributed by atoms with Crippen molar-refractivity contribution in [1.82, 2.24) is 4.98 Å². The highest BCUT2D eigenvalue weighted by Crippen LogP contribution is 2.52. The fourth-order valence-electron chi connectivity index (χ4n) is 10.1. The molecule has 3 nitrogen and oxygen atoms in total. The number of aryl methyl sites for hydroxylation is 6. The van der Waals surface area contributed by atoms with Crippen LogP contribution < -0.4 is 9.47 Å². The Morgan fingerprint density at radius 2 is 0.596 bits per heavy atom. The van der Waals surface area contributed by atoms with Crippen LogP contribution in [0.1, 0.15) is 181 Å². The zero-order valence-corrected chi connectivity index (χ0v) is 65.2. The van der Waals surface area contributed by atoms with Crippen LogP contribution in [0.2, 0.25) is 0 Å². The zero-order chi connectivity index (χ0) is 74.1. The first-order chi connectivity index (χ1) is 48.2. The van der Waals surface area contributed by atoms with Gasteiger partial charge in [0.15, 0.2) is 0 Å². The Hall–Kier alpha value is -9.57. The van der Waals surface area contributed by atoms with Crippen molar-refractivity contribution < 1.29 is 9.47 Å². The van der Waals surface area contributed by atoms with E-state index in [2.05, 4.69) is 215 Å². The highest BCUT2D eigenvalue weighted by atomic mass is 16.5. The quantitative estimate of drug-likeness (QED) is 0.166. The van der Waals surface area contributed by atoms with Crippen LogP contribution >= 0.6 is 0 Å². The molecule has 1 atom stereocenters. The number of benzene rings is 11. The van der Waals surface area contributed by atoms with Gasteiger partial charge in [-0.25, -0.2) is 0 Å². The Labute approximate surface area is 604 Å². The SMILES string of the molecule is CC.CC.CC.CC.CC.CC.CCC.Cc1ccc(C2(C)CC(C)(C)c3ccccc32)cc1.Cc1cccc(Oc2ccc(-c3ccc(Oc4cccc(C)c4)cc3)cc2)c1.Cc1cccc2c(C)cccc12.Cc1ccccc1.c1ccccc1.c1ccccc1.c1ccncc1. The smallest absolute Gasteiger partial charge is 0.127 e. The first-order valence-electron chi connectivity index (χ1n) is 36.4. The summed E-state index contributed by atoms with van der Waals surface area (Å²) in [5.41, 5.74) is 14.9. The number of nitrogens with zero attached hydrogens (tertiary/aromatic N) is 1. The maximum absolute atomic E-state index is 5.93. The van der Waals surface area contributed by atoms with E-state index < -0.39 is 0 Å². The standard InChI is InChI=1S/C26H22O2.C19H22.C12H12.C7H8.2C6H6.C5H5N.C3H8.6C2H6/c1-19-5-3-7-25(17-19)27-23-13-9-21(10-14-23)22-11-15-24(16-12-22)28-26-8-4-6-20(2)18-26;1-14-9-11-15(12-10-14)19(4)13-18(2,3)16-7-5-6-8-17(16)19;1-9-5-3-8-12-10(2)6-4-7-11(9)12;1-7-5-3-2-4-6-7;3*1-2-4-6-5-3-1;1-3-2;6*1-2/h3-18H,1-2H3;5-12H,13H2,1-4H3;3-8H,1-2H3;2-6H,1H3;2*1-6H;1-5H;3H2,1-2H3;6*1-2H3. The predicted octanol–water partition coefficient (Wildman–Crippen LogP) is 30.0. The van der Waals surface area contributed by atoms with Gasteiger partial charge in [0.05, 0.1) is 0 Å². The van der Waals surface area contributed by atoms with Crippen LogP contribution in [0.5, 0.6) is 23.0 Å². The third kappa shape index (κ3) is 35.0. The zero-order valence-electron chi connectivity index (χ0n) is 65.2. The van der Waals surface area contributed by atoms with Crippen molar-refractivity contribution in [1.29, 1.82) is 0 Å². The molecule has 0 radical (unpaired) electrons. The highest BCUT2D eigenvalue weighted by molar-refractivity contribution is 5.88. The van der Waals surface area contributed by atoms with Crippen molar-refractivity contribution in [2.75, 3.05) is 0 Å². The molecule has 12 aromatic rings. The van der Waals surface area contributed by atoms with E-state index in [1.165, 1.54) is 73.7 Å². The molecule has 1 aliphatic carbocycles. The fourth-order valence-corrected chi connectivity index (χ4v) is 10.1. The van der Waals surface area contributed by atoms with Crippen molar-refractivity contribution in [3.05, 3.63) is 366 Å². The summed E-state index contributed by atoms with van der Waals surface area (Å²) in [6, 6.07) is 103. The molecule has 3 heteroatoms. The molecule has 1 aromatic heterocycles. The van der Waals surface area contributed by atoms with Gasteiger partial charge in [-0.3, -0.25) is 4.98 Å². The van der Waals surface area contributed by atoms with Crippen molar-refractivity contribution in [3.63, 3.8) is 0 Å². The molecule has 99 heavy (non-hydrogen) atoms. The van der Waals surface area contributed by atoms with E-state index in [-0.39, 0.29) is 10.8 Å². The normalized spacial score (nSPS) is 11.5. The van der Waals surface area contributed by atoms with Crippen LogP contribution in [0.15, 0.2) is 316 Å². The largest absolute Gasteiger partial charge is 0.457 e. The molecule has 0 saturated carbocycles. The second kappa shape index (κ2) is 55.4. The second-order valence-corrected chi connectivity index (χ2v) is 22.6. The first-order valence-corrected chi connectivity index (χ1v) is 36.4. The maximum atomic E-state index is 5.93. The Bertz CT molecular complexity index is 3500. The maximum Gasteiger partial charge on any atom is 0.127 e. The third-order valence-corrected chi connectivity index (χ3v) is 14.4. The summed E-state index contributed by atoms with van der Waals surface area (Å²) in [5, 5.41) is 2.75. The first kappa shape index (κ1) is 89.4. The minimum absolute atomic E-state index is 0.147. The van der Waals surface area contributed by atoms with Crippen LogP contribution in [0, 0.1) is 41.5 Å². The Morgan fingerprint density at radius 1 is 0.293 bits per heavy atom. The van der Waals surface area contributed by atoms with Gasteiger partial charge in [-0.05, 0) is 175 Å². The topological polar surface area (TPSA) is 31.4 Å². The van der Waals surface area contributed by atoms with Gasteiger partial charge in [0.25, 0.3) is 0 Å². The average Bonchev–Trinajstić information content (AvgIpc) is 1.58. The van der Waals surface area contributed by atoms with Gasteiger partial charge in [0.2, 0.25) is 0 Å². The molecule has 1 heterocycles. The summed E-state index contributed by atoms with van der Waals surface area (Å²) in [6.07, 6.45) is 5.93. The fraction of sp³-hybridized carbons (Fsp3) is 0.281. The number of aromatic nitrogens is 1. The molecule has 1 unspecified atom stereocenters. The van der Waals surface area contributed by atoms with Crippen molar-refractivity contribution in [2.45, 2.75) is 183 Å². The van der Waals surface area contributed by atoms with Crippen molar-refractivity contribution in [2.24, 2.45) is 0 Å². The number of fused-ring (bicyclic) bond motifs is 2.